The first-order chi connectivity index (χ1) is 9.69. The molecule has 2 aromatic rings. The van der Waals surface area contributed by atoms with Gasteiger partial charge >= 0.3 is 5.97 Å². The maximum absolute atomic E-state index is 11.1. The number of para-hydroxylation sites is 1. The van der Waals surface area contributed by atoms with Gasteiger partial charge in [0.25, 0.3) is 0 Å². The number of aromatic hydroxyl groups is 1. The van der Waals surface area contributed by atoms with Gasteiger partial charge in [-0.1, -0.05) is 18.2 Å². The van der Waals surface area contributed by atoms with Crippen LogP contribution in [0.2, 0.25) is 0 Å². The molecule has 0 heterocycles. The van der Waals surface area contributed by atoms with Crippen molar-refractivity contribution in [1.82, 2.24) is 0 Å². The number of rotatable bonds is 4. The van der Waals surface area contributed by atoms with Gasteiger partial charge in [0.15, 0.2) is 0 Å². The quantitative estimate of drug-likeness (QED) is 0.683. The highest BCUT2D eigenvalue weighted by Crippen LogP contribution is 2.27. The highest BCUT2D eigenvalue weighted by atomic mass is 16.5. The zero-order chi connectivity index (χ0) is 14.4. The van der Waals surface area contributed by atoms with Gasteiger partial charge in [-0.05, 0) is 36.4 Å². The van der Waals surface area contributed by atoms with Gasteiger partial charge in [-0.25, -0.2) is 4.79 Å². The van der Waals surface area contributed by atoms with Crippen molar-refractivity contribution in [3.05, 3.63) is 60.2 Å². The van der Waals surface area contributed by atoms with Crippen LogP contribution in [0.3, 0.4) is 0 Å². The third-order valence-corrected chi connectivity index (χ3v) is 2.58. The lowest BCUT2D eigenvalue weighted by molar-refractivity contribution is -0.134. The molecule has 1 N–H and O–H groups in total. The molecule has 2 aromatic carbocycles. The minimum atomic E-state index is -0.487. The van der Waals surface area contributed by atoms with Crippen molar-refractivity contribution in [2.75, 3.05) is 7.11 Å². The van der Waals surface area contributed by atoms with Crippen molar-refractivity contribution in [2.45, 2.75) is 0 Å². The molecular weight excluding hydrogens is 256 g/mol. The van der Waals surface area contributed by atoms with Crippen molar-refractivity contribution in [3.63, 3.8) is 0 Å². The fourth-order valence-corrected chi connectivity index (χ4v) is 1.58. The summed E-state index contributed by atoms with van der Waals surface area (Å²) in [4.78, 5) is 11.1. The van der Waals surface area contributed by atoms with Gasteiger partial charge in [-0.3, -0.25) is 0 Å². The Morgan fingerprint density at radius 3 is 2.55 bits per heavy atom. The van der Waals surface area contributed by atoms with E-state index in [4.69, 9.17) is 4.74 Å². The monoisotopic (exact) mass is 270 g/mol. The molecule has 0 spiro atoms. The molecule has 2 rings (SSSR count). The Labute approximate surface area is 116 Å². The molecule has 0 atom stereocenters. The number of benzene rings is 2. The average molecular weight is 270 g/mol. The van der Waals surface area contributed by atoms with E-state index >= 15 is 0 Å². The molecular formula is C16H14O4. The summed E-state index contributed by atoms with van der Waals surface area (Å²) in [5, 5.41) is 9.73. The van der Waals surface area contributed by atoms with Crippen LogP contribution in [0.25, 0.3) is 6.08 Å². The summed E-state index contributed by atoms with van der Waals surface area (Å²) < 4.78 is 10.1. The molecule has 0 aliphatic rings. The standard InChI is InChI=1S/C16H14O4/c1-19-16(18)10-7-12-11-14(8-9-15(12)17)20-13-5-3-2-4-6-13/h2-11,17H,1H3/b10-7+. The van der Waals surface area contributed by atoms with Gasteiger partial charge < -0.3 is 14.6 Å². The summed E-state index contributed by atoms with van der Waals surface area (Å²) in [6.45, 7) is 0. The van der Waals surface area contributed by atoms with Gasteiger partial charge in [0, 0.05) is 11.6 Å². The van der Waals surface area contributed by atoms with E-state index in [0.717, 1.165) is 0 Å². The number of hydrogen-bond acceptors (Lipinski definition) is 4. The second-order valence-electron chi connectivity index (χ2n) is 3.99. The predicted octanol–water partition coefficient (Wildman–Crippen LogP) is 3.37. The summed E-state index contributed by atoms with van der Waals surface area (Å²) in [5.41, 5.74) is 0.476. The highest BCUT2D eigenvalue weighted by molar-refractivity contribution is 5.87. The third-order valence-electron chi connectivity index (χ3n) is 2.58. The molecule has 0 aliphatic carbocycles. The number of esters is 1. The van der Waals surface area contributed by atoms with Gasteiger partial charge in [-0.2, -0.15) is 0 Å². The normalized spacial score (nSPS) is 10.4. The van der Waals surface area contributed by atoms with Crippen LogP contribution in [-0.4, -0.2) is 18.2 Å². The number of phenols is 1. The van der Waals surface area contributed by atoms with E-state index in [9.17, 15) is 9.90 Å². The lowest BCUT2D eigenvalue weighted by Crippen LogP contribution is -1.93. The second kappa shape index (κ2) is 6.43. The number of ether oxygens (including phenoxy) is 2. The van der Waals surface area contributed by atoms with Gasteiger partial charge in [0.05, 0.1) is 7.11 Å². The molecule has 0 bridgehead atoms. The Balaban J connectivity index is 2.20. The van der Waals surface area contributed by atoms with E-state index in [0.29, 0.717) is 17.1 Å². The minimum absolute atomic E-state index is 0.0607. The first kappa shape index (κ1) is 13.7. The summed E-state index contributed by atoms with van der Waals surface area (Å²) in [5.74, 6) is 0.837. The number of carbonyl (C=O) groups excluding carboxylic acids is 1. The lowest BCUT2D eigenvalue weighted by atomic mass is 10.1. The maximum atomic E-state index is 11.1. The fourth-order valence-electron chi connectivity index (χ4n) is 1.58. The van der Waals surface area contributed by atoms with Crippen molar-refractivity contribution in [2.24, 2.45) is 0 Å². The van der Waals surface area contributed by atoms with Crippen LogP contribution in [0.4, 0.5) is 0 Å². The lowest BCUT2D eigenvalue weighted by Gasteiger charge is -2.07. The van der Waals surface area contributed by atoms with E-state index in [1.165, 1.54) is 25.3 Å². The van der Waals surface area contributed by atoms with Crippen LogP contribution in [0, 0.1) is 0 Å². The molecule has 0 aromatic heterocycles. The molecule has 4 nitrogen and oxygen atoms in total. The molecule has 0 saturated heterocycles. The van der Waals surface area contributed by atoms with Crippen molar-refractivity contribution in [3.8, 4) is 17.2 Å². The average Bonchev–Trinajstić information content (AvgIpc) is 2.48. The molecule has 0 saturated carbocycles. The number of phenolic OH excluding ortho intramolecular Hbond substituents is 1. The van der Waals surface area contributed by atoms with Crippen LogP contribution in [-0.2, 0) is 9.53 Å². The van der Waals surface area contributed by atoms with E-state index in [-0.39, 0.29) is 5.75 Å². The summed E-state index contributed by atoms with van der Waals surface area (Å²) in [7, 11) is 1.29. The molecule has 0 radical (unpaired) electrons. The minimum Gasteiger partial charge on any atom is -0.507 e. The molecule has 20 heavy (non-hydrogen) atoms. The molecule has 0 fully saturated rings. The SMILES string of the molecule is COC(=O)/C=C/c1cc(Oc2ccccc2)ccc1O. The largest absolute Gasteiger partial charge is 0.507 e. The molecule has 4 heteroatoms. The molecule has 0 unspecified atom stereocenters. The van der Waals surface area contributed by atoms with Crippen LogP contribution >= 0.6 is 0 Å². The van der Waals surface area contributed by atoms with Crippen molar-refractivity contribution >= 4 is 12.0 Å². The maximum Gasteiger partial charge on any atom is 0.330 e. The van der Waals surface area contributed by atoms with Crippen LogP contribution in [0.5, 0.6) is 17.2 Å². The Morgan fingerprint density at radius 2 is 1.85 bits per heavy atom. The van der Waals surface area contributed by atoms with Gasteiger partial charge in [0.1, 0.15) is 17.2 Å². The summed E-state index contributed by atoms with van der Waals surface area (Å²) in [6.07, 6.45) is 2.71. The van der Waals surface area contributed by atoms with Crippen LogP contribution < -0.4 is 4.74 Å². The van der Waals surface area contributed by atoms with E-state index < -0.39 is 5.97 Å². The smallest absolute Gasteiger partial charge is 0.330 e. The first-order valence-corrected chi connectivity index (χ1v) is 6.01. The predicted molar refractivity (Wildman–Crippen MR) is 75.7 cm³/mol. The topological polar surface area (TPSA) is 55.8 Å². The zero-order valence-electron chi connectivity index (χ0n) is 10.9. The second-order valence-corrected chi connectivity index (χ2v) is 3.99. The number of methoxy groups -OCH3 is 1. The summed E-state index contributed by atoms with van der Waals surface area (Å²) >= 11 is 0. The van der Waals surface area contributed by atoms with Crippen molar-refractivity contribution in [1.29, 1.82) is 0 Å². The third kappa shape index (κ3) is 3.62. The van der Waals surface area contributed by atoms with Crippen LogP contribution in [0.1, 0.15) is 5.56 Å². The van der Waals surface area contributed by atoms with Gasteiger partial charge in [-0.15, -0.1) is 0 Å². The number of carbonyl (C=O) groups is 1. The molecule has 102 valence electrons. The molecule has 0 amide bonds. The summed E-state index contributed by atoms with van der Waals surface area (Å²) in [6, 6.07) is 14.1. The Hall–Kier alpha value is -2.75. The van der Waals surface area contributed by atoms with Gasteiger partial charge in [0.2, 0.25) is 0 Å². The van der Waals surface area contributed by atoms with E-state index in [1.807, 2.05) is 30.3 Å². The van der Waals surface area contributed by atoms with E-state index in [2.05, 4.69) is 4.74 Å². The number of hydrogen-bond donors (Lipinski definition) is 1. The fraction of sp³-hybridized carbons (Fsp3) is 0.0625. The van der Waals surface area contributed by atoms with Crippen LogP contribution in [0.15, 0.2) is 54.6 Å². The Morgan fingerprint density at radius 1 is 1.10 bits per heavy atom. The van der Waals surface area contributed by atoms with Crippen molar-refractivity contribution < 1.29 is 19.4 Å². The Kier molecular flexibility index (Phi) is 4.39. The first-order valence-electron chi connectivity index (χ1n) is 6.01. The highest BCUT2D eigenvalue weighted by Gasteiger charge is 2.03. The molecule has 0 aliphatic heterocycles. The van der Waals surface area contributed by atoms with E-state index in [1.54, 1.807) is 12.1 Å². The zero-order valence-corrected chi connectivity index (χ0v) is 10.9. The Bertz CT molecular complexity index is 618.